The van der Waals surface area contributed by atoms with Crippen molar-refractivity contribution in [3.05, 3.63) is 0 Å². The Morgan fingerprint density at radius 3 is 2.50 bits per heavy atom. The average Bonchev–Trinajstić information content (AvgIpc) is 2.20. The molecule has 0 aromatic heterocycles. The minimum absolute atomic E-state index is 0.00451. The highest BCUT2D eigenvalue weighted by Gasteiger charge is 2.36. The van der Waals surface area contributed by atoms with Gasteiger partial charge in [0.25, 0.3) is 0 Å². The molecule has 0 aromatic rings. The molecule has 4 nitrogen and oxygen atoms in total. The van der Waals surface area contributed by atoms with E-state index in [2.05, 4.69) is 22.6 Å². The number of urea groups is 1. The van der Waals surface area contributed by atoms with Crippen LogP contribution in [0, 0.1) is 0 Å². The second kappa shape index (κ2) is 5.04. The topological polar surface area (TPSA) is 44.4 Å². The maximum absolute atomic E-state index is 11.5. The Labute approximate surface area is 97.8 Å². The summed E-state index contributed by atoms with van der Waals surface area (Å²) in [6.45, 7) is 2.65. The quantitative estimate of drug-likeness (QED) is 0.744. The van der Waals surface area contributed by atoms with E-state index in [4.69, 9.17) is 0 Å². The van der Waals surface area contributed by atoms with E-state index in [0.29, 0.717) is 24.7 Å². The fourth-order valence-electron chi connectivity index (χ4n) is 3.13. The van der Waals surface area contributed by atoms with Gasteiger partial charge in [0.2, 0.25) is 0 Å². The lowest BCUT2D eigenvalue weighted by Gasteiger charge is -2.47. The molecule has 2 atom stereocenters. The van der Waals surface area contributed by atoms with Crippen molar-refractivity contribution in [2.75, 3.05) is 13.6 Å². The first-order valence-electron chi connectivity index (χ1n) is 6.47. The first-order chi connectivity index (χ1) is 7.70. The van der Waals surface area contributed by atoms with Gasteiger partial charge in [0.1, 0.15) is 0 Å². The van der Waals surface area contributed by atoms with Gasteiger partial charge >= 0.3 is 6.03 Å². The molecule has 92 valence electrons. The highest BCUT2D eigenvalue weighted by atomic mass is 16.2. The maximum Gasteiger partial charge on any atom is 0.314 e. The summed E-state index contributed by atoms with van der Waals surface area (Å²) in [5, 5.41) is 5.90. The molecule has 2 saturated heterocycles. The average molecular weight is 225 g/mol. The molecule has 2 rings (SSSR count). The molecule has 2 unspecified atom stereocenters. The number of fused-ring (bicyclic) bond motifs is 2. The van der Waals surface area contributed by atoms with Gasteiger partial charge in [-0.05, 0) is 39.7 Å². The Morgan fingerprint density at radius 2 is 1.94 bits per heavy atom. The number of carbonyl (C=O) groups is 1. The highest BCUT2D eigenvalue weighted by molar-refractivity contribution is 5.74. The number of hydrogen-bond acceptors (Lipinski definition) is 2. The minimum atomic E-state index is -0.00451. The van der Waals surface area contributed by atoms with Crippen LogP contribution in [0.15, 0.2) is 0 Å². The van der Waals surface area contributed by atoms with E-state index in [9.17, 15) is 4.79 Å². The Morgan fingerprint density at radius 1 is 1.31 bits per heavy atom. The van der Waals surface area contributed by atoms with Crippen LogP contribution in [0.4, 0.5) is 4.79 Å². The molecule has 2 fully saturated rings. The number of amides is 2. The molecule has 2 aliphatic heterocycles. The highest BCUT2D eigenvalue weighted by Crippen LogP contribution is 2.32. The normalized spacial score (nSPS) is 34.5. The first kappa shape index (κ1) is 11.7. The molecule has 0 aliphatic carbocycles. The maximum atomic E-state index is 11.5. The Hall–Kier alpha value is -0.770. The number of carbonyl (C=O) groups excluding carboxylic acids is 1. The van der Waals surface area contributed by atoms with Gasteiger partial charge in [0.15, 0.2) is 0 Å². The molecule has 2 heterocycles. The van der Waals surface area contributed by atoms with Crippen LogP contribution < -0.4 is 10.6 Å². The van der Waals surface area contributed by atoms with E-state index in [1.165, 1.54) is 19.3 Å². The second-order valence-electron chi connectivity index (χ2n) is 5.08. The number of rotatable bonds is 2. The van der Waals surface area contributed by atoms with E-state index in [1.54, 1.807) is 0 Å². The van der Waals surface area contributed by atoms with Gasteiger partial charge in [0.05, 0.1) is 0 Å². The van der Waals surface area contributed by atoms with Gasteiger partial charge in [0, 0.05) is 24.7 Å². The fourth-order valence-corrected chi connectivity index (χ4v) is 3.13. The van der Waals surface area contributed by atoms with Crippen molar-refractivity contribution in [1.29, 1.82) is 0 Å². The first-order valence-corrected chi connectivity index (χ1v) is 6.47. The lowest BCUT2D eigenvalue weighted by atomic mass is 9.82. The molecule has 0 aromatic carbocycles. The summed E-state index contributed by atoms with van der Waals surface area (Å²) >= 11 is 0. The van der Waals surface area contributed by atoms with Crippen LogP contribution in [-0.4, -0.2) is 42.6 Å². The van der Waals surface area contributed by atoms with Crippen molar-refractivity contribution >= 4 is 6.03 Å². The zero-order chi connectivity index (χ0) is 11.5. The van der Waals surface area contributed by atoms with E-state index < -0.39 is 0 Å². The standard InChI is InChI=1S/C12H23N3O/c1-3-13-12(16)14-9-7-10-5-4-6-11(8-9)15(10)2/h9-11H,3-8H2,1-2H3,(H2,13,14,16). The van der Waals surface area contributed by atoms with E-state index in [-0.39, 0.29) is 6.03 Å². The predicted molar refractivity (Wildman–Crippen MR) is 64.4 cm³/mol. The van der Waals surface area contributed by atoms with Gasteiger partial charge in [-0.3, -0.25) is 0 Å². The number of hydrogen-bond donors (Lipinski definition) is 2. The van der Waals surface area contributed by atoms with E-state index in [0.717, 1.165) is 12.8 Å². The van der Waals surface area contributed by atoms with Gasteiger partial charge in [-0.2, -0.15) is 0 Å². The number of piperidine rings is 2. The van der Waals surface area contributed by atoms with Crippen molar-refractivity contribution in [3.63, 3.8) is 0 Å². The van der Waals surface area contributed by atoms with Crippen LogP contribution in [0.1, 0.15) is 39.0 Å². The molecule has 2 N–H and O–H groups in total. The van der Waals surface area contributed by atoms with Gasteiger partial charge in [-0.1, -0.05) is 6.42 Å². The zero-order valence-electron chi connectivity index (χ0n) is 10.3. The lowest BCUT2D eigenvalue weighted by molar-refractivity contribution is 0.0509. The van der Waals surface area contributed by atoms with E-state index in [1.807, 2.05) is 6.92 Å². The Balaban J connectivity index is 1.87. The largest absolute Gasteiger partial charge is 0.338 e. The van der Waals surface area contributed by atoms with Gasteiger partial charge < -0.3 is 15.5 Å². The summed E-state index contributed by atoms with van der Waals surface area (Å²) in [4.78, 5) is 14.0. The van der Waals surface area contributed by atoms with Crippen LogP contribution >= 0.6 is 0 Å². The molecule has 0 radical (unpaired) electrons. The molecule has 2 amide bonds. The number of nitrogens with one attached hydrogen (secondary N) is 2. The Bertz CT molecular complexity index is 243. The van der Waals surface area contributed by atoms with Crippen molar-refractivity contribution in [2.45, 2.75) is 57.2 Å². The van der Waals surface area contributed by atoms with Crippen molar-refractivity contribution in [1.82, 2.24) is 15.5 Å². The predicted octanol–water partition coefficient (Wildman–Crippen LogP) is 1.32. The summed E-state index contributed by atoms with van der Waals surface area (Å²) in [7, 11) is 2.23. The van der Waals surface area contributed by atoms with Gasteiger partial charge in [-0.25, -0.2) is 4.79 Å². The lowest BCUT2D eigenvalue weighted by Crippen LogP contribution is -2.56. The van der Waals surface area contributed by atoms with Crippen molar-refractivity contribution < 1.29 is 4.79 Å². The van der Waals surface area contributed by atoms with E-state index >= 15 is 0 Å². The van der Waals surface area contributed by atoms with Crippen LogP contribution in [0.2, 0.25) is 0 Å². The van der Waals surface area contributed by atoms with Gasteiger partial charge in [-0.15, -0.1) is 0 Å². The Kier molecular flexibility index (Phi) is 3.69. The SMILES string of the molecule is CCNC(=O)NC1CC2CCCC(C1)N2C. The summed E-state index contributed by atoms with van der Waals surface area (Å²) < 4.78 is 0. The van der Waals surface area contributed by atoms with Crippen molar-refractivity contribution in [2.24, 2.45) is 0 Å². The van der Waals surface area contributed by atoms with Crippen LogP contribution in [0.3, 0.4) is 0 Å². The summed E-state index contributed by atoms with van der Waals surface area (Å²) in [5.41, 5.74) is 0. The zero-order valence-corrected chi connectivity index (χ0v) is 10.3. The van der Waals surface area contributed by atoms with Crippen LogP contribution in [0.25, 0.3) is 0 Å². The molecular formula is C12H23N3O. The van der Waals surface area contributed by atoms with Crippen LogP contribution in [-0.2, 0) is 0 Å². The third-order valence-electron chi connectivity index (χ3n) is 4.01. The summed E-state index contributed by atoms with van der Waals surface area (Å²) in [6, 6.07) is 1.73. The molecule has 2 bridgehead atoms. The number of nitrogens with zero attached hydrogens (tertiary/aromatic N) is 1. The fraction of sp³-hybridized carbons (Fsp3) is 0.917. The molecule has 0 spiro atoms. The third-order valence-corrected chi connectivity index (χ3v) is 4.01. The second-order valence-corrected chi connectivity index (χ2v) is 5.08. The molecule has 2 aliphatic rings. The molecule has 0 saturated carbocycles. The minimum Gasteiger partial charge on any atom is -0.338 e. The third kappa shape index (κ3) is 2.48. The van der Waals surface area contributed by atoms with Crippen LogP contribution in [0.5, 0.6) is 0 Å². The summed E-state index contributed by atoms with van der Waals surface area (Å²) in [5.74, 6) is 0. The van der Waals surface area contributed by atoms with Crippen molar-refractivity contribution in [3.8, 4) is 0 Å². The smallest absolute Gasteiger partial charge is 0.314 e. The molecule has 4 heteroatoms. The molecule has 16 heavy (non-hydrogen) atoms. The summed E-state index contributed by atoms with van der Waals surface area (Å²) in [6.07, 6.45) is 6.17. The monoisotopic (exact) mass is 225 g/mol. The molecular weight excluding hydrogens is 202 g/mol.